The van der Waals surface area contributed by atoms with Crippen LogP contribution in [-0.4, -0.2) is 13.2 Å². The number of benzene rings is 1. The van der Waals surface area contributed by atoms with E-state index in [4.69, 9.17) is 16.2 Å². The summed E-state index contributed by atoms with van der Waals surface area (Å²) in [5.41, 5.74) is 13.5. The molecule has 0 saturated carbocycles. The molecule has 78 valence electrons. The summed E-state index contributed by atoms with van der Waals surface area (Å²) in [6.45, 7) is 2.08. The molecule has 1 rings (SSSR count). The van der Waals surface area contributed by atoms with Gasteiger partial charge in [-0.05, 0) is 30.5 Å². The van der Waals surface area contributed by atoms with Crippen molar-refractivity contribution in [3.8, 4) is 5.75 Å². The second-order valence-corrected chi connectivity index (χ2v) is 3.45. The molecule has 0 aromatic heterocycles. The molecular formula is C11H18N2O. The molecule has 0 aliphatic heterocycles. The largest absolute Gasteiger partial charge is 0.495 e. The van der Waals surface area contributed by atoms with Gasteiger partial charge in [0.2, 0.25) is 0 Å². The van der Waals surface area contributed by atoms with Crippen molar-refractivity contribution in [2.75, 3.05) is 12.8 Å². The third-order valence-corrected chi connectivity index (χ3v) is 2.32. The van der Waals surface area contributed by atoms with Gasteiger partial charge in [-0.1, -0.05) is 13.0 Å². The van der Waals surface area contributed by atoms with Crippen molar-refractivity contribution >= 4 is 5.69 Å². The summed E-state index contributed by atoms with van der Waals surface area (Å²) in [5, 5.41) is 0. The summed E-state index contributed by atoms with van der Waals surface area (Å²) in [5.74, 6) is 0.721. The third-order valence-electron chi connectivity index (χ3n) is 2.32. The van der Waals surface area contributed by atoms with Gasteiger partial charge in [0, 0.05) is 6.04 Å². The van der Waals surface area contributed by atoms with Crippen LogP contribution in [0.5, 0.6) is 5.75 Å². The van der Waals surface area contributed by atoms with E-state index in [1.807, 2.05) is 18.2 Å². The molecule has 0 radical (unpaired) electrons. The van der Waals surface area contributed by atoms with E-state index in [0.717, 1.165) is 24.2 Å². The Bertz CT molecular complexity index is 299. The van der Waals surface area contributed by atoms with Gasteiger partial charge in [0.15, 0.2) is 0 Å². The number of anilines is 1. The monoisotopic (exact) mass is 194 g/mol. The van der Waals surface area contributed by atoms with Gasteiger partial charge in [-0.15, -0.1) is 0 Å². The van der Waals surface area contributed by atoms with Crippen molar-refractivity contribution < 1.29 is 4.74 Å². The zero-order valence-electron chi connectivity index (χ0n) is 8.79. The number of nitrogens with two attached hydrogens (primary N) is 2. The van der Waals surface area contributed by atoms with Gasteiger partial charge >= 0.3 is 0 Å². The highest BCUT2D eigenvalue weighted by Crippen LogP contribution is 2.22. The second kappa shape index (κ2) is 4.86. The summed E-state index contributed by atoms with van der Waals surface area (Å²) in [6, 6.07) is 6.02. The molecule has 1 atom stereocenters. The fourth-order valence-electron chi connectivity index (χ4n) is 1.36. The summed E-state index contributed by atoms with van der Waals surface area (Å²) in [4.78, 5) is 0. The minimum absolute atomic E-state index is 0.211. The fraction of sp³-hybridized carbons (Fsp3) is 0.455. The molecule has 1 aromatic carbocycles. The lowest BCUT2D eigenvalue weighted by Gasteiger charge is -2.10. The van der Waals surface area contributed by atoms with Crippen LogP contribution in [0.15, 0.2) is 18.2 Å². The maximum absolute atomic E-state index is 5.85. The summed E-state index contributed by atoms with van der Waals surface area (Å²) >= 11 is 0. The van der Waals surface area contributed by atoms with Gasteiger partial charge in [-0.25, -0.2) is 0 Å². The van der Waals surface area contributed by atoms with E-state index in [-0.39, 0.29) is 6.04 Å². The summed E-state index contributed by atoms with van der Waals surface area (Å²) in [7, 11) is 1.61. The average molecular weight is 194 g/mol. The molecule has 0 fully saturated rings. The minimum Gasteiger partial charge on any atom is -0.495 e. The first-order chi connectivity index (χ1) is 6.67. The van der Waals surface area contributed by atoms with Crippen LogP contribution in [0.4, 0.5) is 5.69 Å². The van der Waals surface area contributed by atoms with E-state index >= 15 is 0 Å². The Morgan fingerprint density at radius 3 is 2.64 bits per heavy atom. The van der Waals surface area contributed by atoms with E-state index in [1.54, 1.807) is 7.11 Å². The number of rotatable bonds is 4. The SMILES string of the molecule is CCC(N)Cc1ccc(OC)c(N)c1. The van der Waals surface area contributed by atoms with Gasteiger partial charge in [0.05, 0.1) is 12.8 Å². The number of ether oxygens (including phenoxy) is 1. The molecule has 0 aliphatic carbocycles. The third kappa shape index (κ3) is 2.64. The van der Waals surface area contributed by atoms with Crippen molar-refractivity contribution in [1.29, 1.82) is 0 Å². The predicted octanol–water partition coefficient (Wildman–Crippen LogP) is 1.56. The molecule has 14 heavy (non-hydrogen) atoms. The fourth-order valence-corrected chi connectivity index (χ4v) is 1.36. The van der Waals surface area contributed by atoms with Crippen molar-refractivity contribution in [2.24, 2.45) is 5.73 Å². The lowest BCUT2D eigenvalue weighted by atomic mass is 10.0. The first kappa shape index (κ1) is 10.9. The standard InChI is InChI=1S/C11H18N2O/c1-3-9(12)6-8-4-5-11(14-2)10(13)7-8/h4-5,7,9H,3,6,12-13H2,1-2H3. The Morgan fingerprint density at radius 1 is 1.43 bits per heavy atom. The van der Waals surface area contributed by atoms with Gasteiger partial charge in [0.25, 0.3) is 0 Å². The quantitative estimate of drug-likeness (QED) is 0.715. The van der Waals surface area contributed by atoms with Gasteiger partial charge in [-0.2, -0.15) is 0 Å². The Labute approximate surface area is 85.0 Å². The molecule has 0 amide bonds. The van der Waals surface area contributed by atoms with E-state index in [0.29, 0.717) is 5.69 Å². The second-order valence-electron chi connectivity index (χ2n) is 3.45. The smallest absolute Gasteiger partial charge is 0.141 e. The Kier molecular flexibility index (Phi) is 3.77. The molecule has 0 spiro atoms. The highest BCUT2D eigenvalue weighted by Gasteiger charge is 2.04. The first-order valence-corrected chi connectivity index (χ1v) is 4.85. The zero-order valence-corrected chi connectivity index (χ0v) is 8.79. The van der Waals surface area contributed by atoms with Crippen molar-refractivity contribution in [2.45, 2.75) is 25.8 Å². The van der Waals surface area contributed by atoms with Crippen molar-refractivity contribution in [3.05, 3.63) is 23.8 Å². The van der Waals surface area contributed by atoms with Crippen LogP contribution in [0.2, 0.25) is 0 Å². The summed E-state index contributed by atoms with van der Waals surface area (Å²) < 4.78 is 5.08. The average Bonchev–Trinajstić information content (AvgIpc) is 2.18. The highest BCUT2D eigenvalue weighted by molar-refractivity contribution is 5.54. The number of methoxy groups -OCH3 is 1. The normalized spacial score (nSPS) is 12.5. The zero-order chi connectivity index (χ0) is 10.6. The van der Waals surface area contributed by atoms with Crippen LogP contribution in [0.1, 0.15) is 18.9 Å². The van der Waals surface area contributed by atoms with Crippen LogP contribution in [0.25, 0.3) is 0 Å². The molecule has 0 aliphatic rings. The van der Waals surface area contributed by atoms with Gasteiger partial charge in [0.1, 0.15) is 5.75 Å². The Hall–Kier alpha value is -1.22. The van der Waals surface area contributed by atoms with E-state index in [2.05, 4.69) is 6.92 Å². The van der Waals surface area contributed by atoms with E-state index in [9.17, 15) is 0 Å². The first-order valence-electron chi connectivity index (χ1n) is 4.85. The Balaban J connectivity index is 2.76. The molecule has 3 nitrogen and oxygen atoms in total. The van der Waals surface area contributed by atoms with E-state index < -0.39 is 0 Å². The Morgan fingerprint density at radius 2 is 2.14 bits per heavy atom. The number of hydrogen-bond acceptors (Lipinski definition) is 3. The van der Waals surface area contributed by atoms with Crippen LogP contribution >= 0.6 is 0 Å². The molecule has 4 N–H and O–H groups in total. The lowest BCUT2D eigenvalue weighted by Crippen LogP contribution is -2.21. The maximum atomic E-state index is 5.85. The highest BCUT2D eigenvalue weighted by atomic mass is 16.5. The lowest BCUT2D eigenvalue weighted by molar-refractivity contribution is 0.417. The van der Waals surface area contributed by atoms with Gasteiger partial charge < -0.3 is 16.2 Å². The molecule has 0 saturated heterocycles. The van der Waals surface area contributed by atoms with Crippen LogP contribution in [0, 0.1) is 0 Å². The number of nitrogen functional groups attached to an aromatic ring is 1. The molecule has 1 unspecified atom stereocenters. The molecule has 0 bridgehead atoms. The van der Waals surface area contributed by atoms with E-state index in [1.165, 1.54) is 0 Å². The number of hydrogen-bond donors (Lipinski definition) is 2. The van der Waals surface area contributed by atoms with Gasteiger partial charge in [-0.3, -0.25) is 0 Å². The minimum atomic E-state index is 0.211. The molecule has 0 heterocycles. The maximum Gasteiger partial charge on any atom is 0.141 e. The van der Waals surface area contributed by atoms with Crippen LogP contribution in [-0.2, 0) is 6.42 Å². The van der Waals surface area contributed by atoms with Crippen molar-refractivity contribution in [1.82, 2.24) is 0 Å². The predicted molar refractivity (Wildman–Crippen MR) is 59.4 cm³/mol. The molecular weight excluding hydrogens is 176 g/mol. The molecule has 3 heteroatoms. The van der Waals surface area contributed by atoms with Crippen molar-refractivity contribution in [3.63, 3.8) is 0 Å². The topological polar surface area (TPSA) is 61.3 Å². The van der Waals surface area contributed by atoms with Crippen LogP contribution in [0.3, 0.4) is 0 Å². The summed E-state index contributed by atoms with van der Waals surface area (Å²) in [6.07, 6.45) is 1.84. The van der Waals surface area contributed by atoms with Crippen LogP contribution < -0.4 is 16.2 Å². The molecule has 1 aromatic rings.